The zero-order valence-electron chi connectivity index (χ0n) is 12.4. The van der Waals surface area contributed by atoms with E-state index in [0.29, 0.717) is 5.76 Å². The van der Waals surface area contributed by atoms with Crippen LogP contribution in [0.1, 0.15) is 37.1 Å². The van der Waals surface area contributed by atoms with Gasteiger partial charge >= 0.3 is 6.18 Å². The number of rotatable bonds is 5. The van der Waals surface area contributed by atoms with Crippen LogP contribution in [0.4, 0.5) is 24.9 Å². The molecule has 5 nitrogen and oxygen atoms in total. The molecule has 124 valence electrons. The van der Waals surface area contributed by atoms with Crippen LogP contribution >= 0.6 is 0 Å². The first-order valence-corrected chi connectivity index (χ1v) is 7.50. The lowest BCUT2D eigenvalue weighted by Gasteiger charge is -2.15. The molecule has 2 aromatic rings. The van der Waals surface area contributed by atoms with Gasteiger partial charge in [0.05, 0.1) is 12.8 Å². The van der Waals surface area contributed by atoms with Crippen molar-refractivity contribution in [2.24, 2.45) is 0 Å². The van der Waals surface area contributed by atoms with Crippen LogP contribution < -0.4 is 10.6 Å². The maximum atomic E-state index is 13.0. The van der Waals surface area contributed by atoms with Crippen molar-refractivity contribution in [1.82, 2.24) is 9.97 Å². The normalized spacial score (nSPS) is 15.8. The van der Waals surface area contributed by atoms with Crippen LogP contribution in [0.2, 0.25) is 0 Å². The molecule has 1 saturated carbocycles. The van der Waals surface area contributed by atoms with Crippen molar-refractivity contribution in [2.45, 2.75) is 44.4 Å². The Morgan fingerprint density at radius 2 is 2.00 bits per heavy atom. The third kappa shape index (κ3) is 4.14. The standard InChI is InChI=1S/C15H17F3N4O/c16-15(17,18)12-8-13(19-9-11-6-3-7-23-11)22-14(21-12)20-10-4-1-2-5-10/h3,6-8,10H,1-2,4-5,9H2,(H2,19,20,21,22). The lowest BCUT2D eigenvalue weighted by Crippen LogP contribution is -2.19. The van der Waals surface area contributed by atoms with E-state index in [1.54, 1.807) is 12.1 Å². The Morgan fingerprint density at radius 3 is 2.65 bits per heavy atom. The highest BCUT2D eigenvalue weighted by Gasteiger charge is 2.34. The number of hydrogen-bond donors (Lipinski definition) is 2. The molecule has 2 N–H and O–H groups in total. The molecule has 0 bridgehead atoms. The summed E-state index contributed by atoms with van der Waals surface area (Å²) in [4.78, 5) is 7.74. The van der Waals surface area contributed by atoms with Crippen molar-refractivity contribution in [3.8, 4) is 0 Å². The molecule has 2 heterocycles. The number of halogens is 3. The van der Waals surface area contributed by atoms with Gasteiger partial charge in [0.25, 0.3) is 0 Å². The summed E-state index contributed by atoms with van der Waals surface area (Å²) in [6.07, 6.45) is 0.978. The summed E-state index contributed by atoms with van der Waals surface area (Å²) in [5.74, 6) is 0.736. The highest BCUT2D eigenvalue weighted by atomic mass is 19.4. The summed E-state index contributed by atoms with van der Waals surface area (Å²) < 4.78 is 44.2. The number of furan rings is 1. The average Bonchev–Trinajstić information content (AvgIpc) is 3.17. The smallest absolute Gasteiger partial charge is 0.433 e. The van der Waals surface area contributed by atoms with Crippen LogP contribution in [0, 0.1) is 0 Å². The Kier molecular flexibility index (Phi) is 4.40. The van der Waals surface area contributed by atoms with Gasteiger partial charge in [-0.2, -0.15) is 18.2 Å². The highest BCUT2D eigenvalue weighted by Crippen LogP contribution is 2.30. The van der Waals surface area contributed by atoms with E-state index in [9.17, 15) is 13.2 Å². The van der Waals surface area contributed by atoms with E-state index in [2.05, 4.69) is 20.6 Å². The second-order valence-corrected chi connectivity index (χ2v) is 5.52. The molecule has 23 heavy (non-hydrogen) atoms. The Labute approximate surface area is 131 Å². The molecule has 0 radical (unpaired) electrons. The van der Waals surface area contributed by atoms with Crippen molar-refractivity contribution < 1.29 is 17.6 Å². The number of aromatic nitrogens is 2. The number of nitrogens with one attached hydrogen (secondary N) is 2. The summed E-state index contributed by atoms with van der Waals surface area (Å²) in [6, 6.07) is 4.49. The first kappa shape index (κ1) is 15.6. The topological polar surface area (TPSA) is 63.0 Å². The minimum atomic E-state index is -4.52. The fraction of sp³-hybridized carbons (Fsp3) is 0.467. The van der Waals surface area contributed by atoms with Gasteiger partial charge in [0.2, 0.25) is 5.95 Å². The molecule has 0 aromatic carbocycles. The zero-order valence-corrected chi connectivity index (χ0v) is 12.4. The number of nitrogens with zero attached hydrogens (tertiary/aromatic N) is 2. The predicted molar refractivity (Wildman–Crippen MR) is 78.9 cm³/mol. The molecule has 8 heteroatoms. The van der Waals surface area contributed by atoms with E-state index in [1.165, 1.54) is 6.26 Å². The van der Waals surface area contributed by atoms with Crippen LogP contribution in [0.5, 0.6) is 0 Å². The van der Waals surface area contributed by atoms with Gasteiger partial charge < -0.3 is 15.1 Å². The monoisotopic (exact) mass is 326 g/mol. The minimum Gasteiger partial charge on any atom is -0.467 e. The van der Waals surface area contributed by atoms with Gasteiger partial charge in [0, 0.05) is 12.1 Å². The van der Waals surface area contributed by atoms with Crippen molar-refractivity contribution in [1.29, 1.82) is 0 Å². The highest BCUT2D eigenvalue weighted by molar-refractivity contribution is 5.43. The molecule has 1 aliphatic carbocycles. The van der Waals surface area contributed by atoms with Crippen molar-refractivity contribution in [3.63, 3.8) is 0 Å². The molecule has 3 rings (SSSR count). The third-order valence-electron chi connectivity index (χ3n) is 3.73. The van der Waals surface area contributed by atoms with E-state index in [4.69, 9.17) is 4.42 Å². The van der Waals surface area contributed by atoms with Gasteiger partial charge in [-0.25, -0.2) is 4.98 Å². The van der Waals surface area contributed by atoms with E-state index in [1.807, 2.05) is 0 Å². The van der Waals surface area contributed by atoms with Crippen LogP contribution in [0.25, 0.3) is 0 Å². The van der Waals surface area contributed by atoms with Gasteiger partial charge in [-0.15, -0.1) is 0 Å². The van der Waals surface area contributed by atoms with Crippen LogP contribution in [-0.2, 0) is 12.7 Å². The molecular weight excluding hydrogens is 309 g/mol. The van der Waals surface area contributed by atoms with Gasteiger partial charge in [-0.1, -0.05) is 12.8 Å². The molecule has 0 amide bonds. The number of hydrogen-bond acceptors (Lipinski definition) is 5. The zero-order chi connectivity index (χ0) is 16.3. The van der Waals surface area contributed by atoms with Crippen LogP contribution in [0.15, 0.2) is 28.9 Å². The summed E-state index contributed by atoms with van der Waals surface area (Å²) >= 11 is 0. The molecule has 0 unspecified atom stereocenters. The molecule has 0 spiro atoms. The van der Waals surface area contributed by atoms with E-state index >= 15 is 0 Å². The Hall–Kier alpha value is -2.25. The largest absolute Gasteiger partial charge is 0.467 e. The summed E-state index contributed by atoms with van der Waals surface area (Å²) in [5.41, 5.74) is -0.963. The second-order valence-electron chi connectivity index (χ2n) is 5.52. The lowest BCUT2D eigenvalue weighted by atomic mass is 10.2. The van der Waals surface area contributed by atoms with Crippen LogP contribution in [-0.4, -0.2) is 16.0 Å². The van der Waals surface area contributed by atoms with Gasteiger partial charge in [0.15, 0.2) is 5.69 Å². The SMILES string of the molecule is FC(F)(F)c1cc(NCc2ccco2)nc(NC2CCCC2)n1. The third-order valence-corrected chi connectivity index (χ3v) is 3.73. The Bertz CT molecular complexity index is 637. The summed E-state index contributed by atoms with van der Waals surface area (Å²) in [7, 11) is 0. The number of anilines is 2. The lowest BCUT2D eigenvalue weighted by molar-refractivity contribution is -0.141. The molecule has 0 atom stereocenters. The molecule has 1 fully saturated rings. The Morgan fingerprint density at radius 1 is 1.22 bits per heavy atom. The summed E-state index contributed by atoms with van der Waals surface area (Å²) in [6.45, 7) is 0.254. The predicted octanol–water partition coefficient (Wildman–Crippen LogP) is 4.06. The maximum Gasteiger partial charge on any atom is 0.433 e. The number of alkyl halides is 3. The van der Waals surface area contributed by atoms with E-state index in [-0.39, 0.29) is 24.4 Å². The van der Waals surface area contributed by atoms with Crippen molar-refractivity contribution >= 4 is 11.8 Å². The van der Waals surface area contributed by atoms with Gasteiger partial charge in [-0.3, -0.25) is 0 Å². The van der Waals surface area contributed by atoms with Crippen molar-refractivity contribution in [3.05, 3.63) is 35.9 Å². The van der Waals surface area contributed by atoms with Gasteiger partial charge in [-0.05, 0) is 25.0 Å². The second kappa shape index (κ2) is 6.47. The first-order valence-electron chi connectivity index (χ1n) is 7.50. The molecular formula is C15H17F3N4O. The summed E-state index contributed by atoms with van der Waals surface area (Å²) in [5, 5.41) is 5.84. The molecule has 2 aromatic heterocycles. The quantitative estimate of drug-likeness (QED) is 0.868. The fourth-order valence-electron chi connectivity index (χ4n) is 2.59. The molecule has 0 aliphatic heterocycles. The van der Waals surface area contributed by atoms with E-state index < -0.39 is 11.9 Å². The first-order chi connectivity index (χ1) is 11.0. The Balaban J connectivity index is 1.78. The van der Waals surface area contributed by atoms with Gasteiger partial charge in [0.1, 0.15) is 11.6 Å². The fourth-order valence-corrected chi connectivity index (χ4v) is 2.59. The molecule has 1 aliphatic rings. The van der Waals surface area contributed by atoms with E-state index in [0.717, 1.165) is 31.7 Å². The minimum absolute atomic E-state index is 0.00803. The van der Waals surface area contributed by atoms with Crippen LogP contribution in [0.3, 0.4) is 0 Å². The average molecular weight is 326 g/mol. The van der Waals surface area contributed by atoms with Crippen molar-refractivity contribution in [2.75, 3.05) is 10.6 Å². The molecule has 0 saturated heterocycles. The maximum absolute atomic E-state index is 13.0.